The van der Waals surface area contributed by atoms with E-state index in [9.17, 15) is 4.79 Å². The van der Waals surface area contributed by atoms with Crippen LogP contribution in [0.2, 0.25) is 0 Å². The highest BCUT2D eigenvalue weighted by Gasteiger charge is 1.99. The molecule has 0 aliphatic rings. The number of hydrogen-bond donors (Lipinski definition) is 2. The molecule has 2 aromatic rings. The van der Waals surface area contributed by atoms with Crippen LogP contribution < -0.4 is 11.0 Å². The topological polar surface area (TPSA) is 75.1 Å². The summed E-state index contributed by atoms with van der Waals surface area (Å²) in [6.45, 7) is 0. The van der Waals surface area contributed by atoms with Crippen LogP contribution in [0, 0.1) is 0 Å². The van der Waals surface area contributed by atoms with E-state index in [1.165, 1.54) is 4.52 Å². The third-order valence-corrected chi connectivity index (χ3v) is 1.53. The maximum Gasteiger partial charge on any atom is 0.364 e. The fourth-order valence-corrected chi connectivity index (χ4v) is 0.936. The second-order valence-electron chi connectivity index (χ2n) is 2.27. The van der Waals surface area contributed by atoms with Crippen LogP contribution in [0.3, 0.4) is 0 Å². The number of aromatic amines is 1. The summed E-state index contributed by atoms with van der Waals surface area (Å²) in [6.07, 6.45) is 0. The van der Waals surface area contributed by atoms with Gasteiger partial charge < -0.3 is 5.32 Å². The van der Waals surface area contributed by atoms with Crippen molar-refractivity contribution in [1.29, 1.82) is 0 Å². The van der Waals surface area contributed by atoms with Gasteiger partial charge in [-0.15, -0.1) is 5.10 Å². The number of H-pyrrole nitrogens is 1. The summed E-state index contributed by atoms with van der Waals surface area (Å²) in [5.41, 5.74) is 0.182. The van der Waals surface area contributed by atoms with Gasteiger partial charge in [-0.2, -0.15) is 9.61 Å². The summed E-state index contributed by atoms with van der Waals surface area (Å²) in [6, 6.07) is 3.45. The van der Waals surface area contributed by atoms with Crippen molar-refractivity contribution in [3.05, 3.63) is 22.6 Å². The van der Waals surface area contributed by atoms with Crippen molar-refractivity contribution < 1.29 is 0 Å². The molecule has 0 bridgehead atoms. The van der Waals surface area contributed by atoms with E-state index < -0.39 is 0 Å². The number of nitrogens with one attached hydrogen (secondary N) is 2. The molecule has 2 N–H and O–H groups in total. The highest BCUT2D eigenvalue weighted by molar-refractivity contribution is 5.42. The second-order valence-corrected chi connectivity index (χ2v) is 2.27. The van der Waals surface area contributed by atoms with E-state index in [1.807, 2.05) is 0 Å². The standard InChI is InChI=1S/C6H7N5O/c1-7-4-2-3-5-8-9-6(12)11(5)10-4/h2-3H,1H3,(H,7,10)(H,9,12). The fraction of sp³-hybridized carbons (Fsp3) is 0.167. The van der Waals surface area contributed by atoms with Gasteiger partial charge in [0.25, 0.3) is 0 Å². The first-order chi connectivity index (χ1) is 5.81. The van der Waals surface area contributed by atoms with Crippen LogP contribution >= 0.6 is 0 Å². The molecule has 0 fully saturated rings. The molecule has 2 aromatic heterocycles. The normalized spacial score (nSPS) is 10.4. The Morgan fingerprint density at radius 2 is 2.42 bits per heavy atom. The van der Waals surface area contributed by atoms with Gasteiger partial charge in [-0.05, 0) is 12.1 Å². The Hall–Kier alpha value is -1.85. The van der Waals surface area contributed by atoms with E-state index in [4.69, 9.17) is 0 Å². The summed E-state index contributed by atoms with van der Waals surface area (Å²) < 4.78 is 1.20. The van der Waals surface area contributed by atoms with Gasteiger partial charge in [0.05, 0.1) is 0 Å². The average Bonchev–Trinajstić information content (AvgIpc) is 2.47. The van der Waals surface area contributed by atoms with E-state index in [-0.39, 0.29) is 5.69 Å². The molecule has 0 saturated heterocycles. The lowest BCUT2D eigenvalue weighted by Gasteiger charge is -1.96. The molecule has 2 heterocycles. The third-order valence-electron chi connectivity index (χ3n) is 1.53. The molecule has 0 aliphatic heterocycles. The number of rotatable bonds is 1. The summed E-state index contributed by atoms with van der Waals surface area (Å²) in [5.74, 6) is 0.631. The van der Waals surface area contributed by atoms with Crippen molar-refractivity contribution in [2.75, 3.05) is 12.4 Å². The Bertz CT molecular complexity index is 456. The minimum Gasteiger partial charge on any atom is -0.372 e. The largest absolute Gasteiger partial charge is 0.372 e. The predicted octanol–water partition coefficient (Wildman–Crippen LogP) is -0.541. The van der Waals surface area contributed by atoms with Crippen LogP contribution in [0.15, 0.2) is 16.9 Å². The molecule has 0 atom stereocenters. The quantitative estimate of drug-likeness (QED) is 0.595. The molecule has 6 nitrogen and oxygen atoms in total. The minimum absolute atomic E-state index is 0.331. The lowest BCUT2D eigenvalue weighted by molar-refractivity contribution is 0.883. The van der Waals surface area contributed by atoms with Crippen LogP contribution in [0.5, 0.6) is 0 Å². The van der Waals surface area contributed by atoms with Crippen LogP contribution in [0.25, 0.3) is 5.65 Å². The summed E-state index contributed by atoms with van der Waals surface area (Å²) in [5, 5.41) is 12.8. The van der Waals surface area contributed by atoms with Crippen LogP contribution in [-0.2, 0) is 0 Å². The molecule has 0 unspecified atom stereocenters. The highest BCUT2D eigenvalue weighted by atomic mass is 16.2. The smallest absolute Gasteiger partial charge is 0.364 e. The van der Waals surface area contributed by atoms with Gasteiger partial charge >= 0.3 is 5.69 Å². The van der Waals surface area contributed by atoms with E-state index >= 15 is 0 Å². The molecule has 0 spiro atoms. The SMILES string of the molecule is CNc1ccc2n[nH]c(=O)n2n1. The maximum atomic E-state index is 11.0. The minimum atomic E-state index is -0.331. The van der Waals surface area contributed by atoms with Crippen LogP contribution in [0.1, 0.15) is 0 Å². The number of anilines is 1. The van der Waals surface area contributed by atoms with E-state index in [0.717, 1.165) is 0 Å². The van der Waals surface area contributed by atoms with Crippen molar-refractivity contribution in [2.24, 2.45) is 0 Å². The zero-order chi connectivity index (χ0) is 8.55. The number of nitrogens with zero attached hydrogens (tertiary/aromatic N) is 3. The van der Waals surface area contributed by atoms with Crippen molar-refractivity contribution in [2.45, 2.75) is 0 Å². The molecular weight excluding hydrogens is 158 g/mol. The Morgan fingerprint density at radius 3 is 3.17 bits per heavy atom. The van der Waals surface area contributed by atoms with Crippen LogP contribution in [0.4, 0.5) is 5.82 Å². The zero-order valence-corrected chi connectivity index (χ0v) is 6.40. The first kappa shape index (κ1) is 6.84. The second kappa shape index (κ2) is 2.33. The summed E-state index contributed by atoms with van der Waals surface area (Å²) >= 11 is 0. The Morgan fingerprint density at radius 1 is 1.58 bits per heavy atom. The maximum absolute atomic E-state index is 11.0. The fourth-order valence-electron chi connectivity index (χ4n) is 0.936. The Labute approximate surface area is 67.2 Å². The number of aromatic nitrogens is 4. The first-order valence-electron chi connectivity index (χ1n) is 3.43. The van der Waals surface area contributed by atoms with Gasteiger partial charge in [0.1, 0.15) is 5.82 Å². The van der Waals surface area contributed by atoms with Gasteiger partial charge in [-0.25, -0.2) is 9.89 Å². The molecule has 62 valence electrons. The lowest BCUT2D eigenvalue weighted by Crippen LogP contribution is -2.13. The molecule has 0 amide bonds. The van der Waals surface area contributed by atoms with Gasteiger partial charge in [0, 0.05) is 7.05 Å². The van der Waals surface area contributed by atoms with E-state index in [2.05, 4.69) is 20.6 Å². The highest BCUT2D eigenvalue weighted by Crippen LogP contribution is 2.00. The first-order valence-corrected chi connectivity index (χ1v) is 3.43. The summed E-state index contributed by atoms with van der Waals surface area (Å²) in [4.78, 5) is 11.0. The Balaban J connectivity index is 2.80. The molecule has 12 heavy (non-hydrogen) atoms. The number of fused-ring (bicyclic) bond motifs is 1. The number of hydrogen-bond acceptors (Lipinski definition) is 4. The third kappa shape index (κ3) is 0.849. The van der Waals surface area contributed by atoms with E-state index in [1.54, 1.807) is 19.2 Å². The monoisotopic (exact) mass is 165 g/mol. The predicted molar refractivity (Wildman–Crippen MR) is 43.2 cm³/mol. The van der Waals surface area contributed by atoms with Gasteiger partial charge in [0.15, 0.2) is 5.65 Å². The Kier molecular flexibility index (Phi) is 1.33. The van der Waals surface area contributed by atoms with Crippen molar-refractivity contribution in [3.8, 4) is 0 Å². The summed E-state index contributed by atoms with van der Waals surface area (Å²) in [7, 11) is 1.74. The molecule has 6 heteroatoms. The average molecular weight is 165 g/mol. The molecule has 0 aromatic carbocycles. The van der Waals surface area contributed by atoms with Crippen molar-refractivity contribution in [3.63, 3.8) is 0 Å². The molecule has 0 aliphatic carbocycles. The molecule has 2 rings (SSSR count). The van der Waals surface area contributed by atoms with Gasteiger partial charge in [-0.1, -0.05) is 0 Å². The zero-order valence-electron chi connectivity index (χ0n) is 6.40. The van der Waals surface area contributed by atoms with Gasteiger partial charge in [-0.3, -0.25) is 0 Å². The van der Waals surface area contributed by atoms with Crippen molar-refractivity contribution in [1.82, 2.24) is 19.8 Å². The molecular formula is C6H7N5O. The van der Waals surface area contributed by atoms with E-state index in [0.29, 0.717) is 11.5 Å². The molecule has 0 saturated carbocycles. The lowest BCUT2D eigenvalue weighted by atomic mass is 10.5. The van der Waals surface area contributed by atoms with Crippen molar-refractivity contribution >= 4 is 11.5 Å². The van der Waals surface area contributed by atoms with Gasteiger partial charge in [0.2, 0.25) is 0 Å². The van der Waals surface area contributed by atoms with Crippen LogP contribution in [-0.4, -0.2) is 26.9 Å². The molecule has 0 radical (unpaired) electrons.